The van der Waals surface area contributed by atoms with Crippen LogP contribution >= 0.6 is 0 Å². The van der Waals surface area contributed by atoms with Crippen molar-refractivity contribution in [3.05, 3.63) is 0 Å². The lowest BCUT2D eigenvalue weighted by Gasteiger charge is -2.27. The number of hydrogen-bond donors (Lipinski definition) is 2. The summed E-state index contributed by atoms with van der Waals surface area (Å²) in [6, 6.07) is 0.603. The van der Waals surface area contributed by atoms with E-state index < -0.39 is 0 Å². The standard InChI is InChI=1S/C17H35N5O/c1-18-17(19-8-12-21-9-4-3-5-10-21)20-15-16-7-6-11-22(16)13-14-23-2/h16H,3-15H2,1-2H3,(H2,18,19,20). The van der Waals surface area contributed by atoms with Gasteiger partial charge in [0.2, 0.25) is 0 Å². The first-order chi connectivity index (χ1) is 11.3. The number of nitrogens with one attached hydrogen (secondary N) is 2. The molecule has 2 N–H and O–H groups in total. The molecule has 0 aromatic heterocycles. The minimum atomic E-state index is 0.603. The van der Waals surface area contributed by atoms with E-state index in [9.17, 15) is 0 Å². The van der Waals surface area contributed by atoms with E-state index in [-0.39, 0.29) is 0 Å². The maximum atomic E-state index is 5.21. The van der Waals surface area contributed by atoms with Crippen LogP contribution in [-0.4, -0.2) is 88.4 Å². The predicted molar refractivity (Wildman–Crippen MR) is 96.1 cm³/mol. The average Bonchev–Trinajstić information content (AvgIpc) is 3.04. The van der Waals surface area contributed by atoms with Gasteiger partial charge in [0, 0.05) is 46.4 Å². The number of nitrogens with zero attached hydrogens (tertiary/aromatic N) is 3. The maximum Gasteiger partial charge on any atom is 0.191 e. The number of hydrogen-bond acceptors (Lipinski definition) is 4. The minimum Gasteiger partial charge on any atom is -0.383 e. The van der Waals surface area contributed by atoms with E-state index in [4.69, 9.17) is 4.74 Å². The second-order valence-corrected chi connectivity index (χ2v) is 6.61. The summed E-state index contributed by atoms with van der Waals surface area (Å²) in [5.74, 6) is 0.931. The topological polar surface area (TPSA) is 52.1 Å². The van der Waals surface area contributed by atoms with Gasteiger partial charge in [-0.2, -0.15) is 0 Å². The molecule has 2 heterocycles. The molecule has 0 amide bonds. The zero-order chi connectivity index (χ0) is 16.3. The molecule has 0 aliphatic carbocycles. The van der Waals surface area contributed by atoms with E-state index in [1.54, 1.807) is 7.11 Å². The van der Waals surface area contributed by atoms with Crippen molar-refractivity contribution in [2.45, 2.75) is 38.1 Å². The van der Waals surface area contributed by atoms with E-state index >= 15 is 0 Å². The smallest absolute Gasteiger partial charge is 0.191 e. The van der Waals surface area contributed by atoms with Crippen molar-refractivity contribution in [1.82, 2.24) is 20.4 Å². The molecular weight excluding hydrogens is 290 g/mol. The number of likely N-dealkylation sites (tertiary alicyclic amines) is 2. The van der Waals surface area contributed by atoms with Crippen LogP contribution in [-0.2, 0) is 4.74 Å². The summed E-state index contributed by atoms with van der Waals surface area (Å²) < 4.78 is 5.21. The first-order valence-corrected chi connectivity index (χ1v) is 9.23. The van der Waals surface area contributed by atoms with Crippen LogP contribution < -0.4 is 10.6 Å². The Morgan fingerprint density at radius 3 is 2.65 bits per heavy atom. The van der Waals surface area contributed by atoms with E-state index in [0.29, 0.717) is 6.04 Å². The van der Waals surface area contributed by atoms with Crippen molar-refractivity contribution in [2.75, 3.05) is 66.6 Å². The Morgan fingerprint density at radius 2 is 1.91 bits per heavy atom. The molecule has 0 spiro atoms. The highest BCUT2D eigenvalue weighted by atomic mass is 16.5. The van der Waals surface area contributed by atoms with Crippen LogP contribution in [0, 0.1) is 0 Å². The fraction of sp³-hybridized carbons (Fsp3) is 0.941. The van der Waals surface area contributed by atoms with Crippen LogP contribution in [0.25, 0.3) is 0 Å². The van der Waals surface area contributed by atoms with E-state index in [2.05, 4.69) is 25.4 Å². The van der Waals surface area contributed by atoms with Gasteiger partial charge in [-0.15, -0.1) is 0 Å². The Morgan fingerprint density at radius 1 is 1.09 bits per heavy atom. The summed E-state index contributed by atoms with van der Waals surface area (Å²) in [5.41, 5.74) is 0. The van der Waals surface area contributed by atoms with Crippen LogP contribution in [0.3, 0.4) is 0 Å². The number of rotatable bonds is 8. The van der Waals surface area contributed by atoms with E-state index in [0.717, 1.165) is 38.7 Å². The molecule has 0 aromatic rings. The molecule has 1 unspecified atom stereocenters. The highest BCUT2D eigenvalue weighted by molar-refractivity contribution is 5.79. The molecule has 2 rings (SSSR count). The van der Waals surface area contributed by atoms with Gasteiger partial charge in [0.1, 0.15) is 0 Å². The zero-order valence-corrected chi connectivity index (χ0v) is 15.0. The van der Waals surface area contributed by atoms with Crippen LogP contribution in [0.1, 0.15) is 32.1 Å². The maximum absolute atomic E-state index is 5.21. The highest BCUT2D eigenvalue weighted by Gasteiger charge is 2.23. The molecule has 0 saturated carbocycles. The molecule has 0 bridgehead atoms. The summed E-state index contributed by atoms with van der Waals surface area (Å²) in [7, 11) is 3.63. The van der Waals surface area contributed by atoms with Crippen molar-refractivity contribution in [1.29, 1.82) is 0 Å². The Kier molecular flexibility index (Phi) is 8.71. The second kappa shape index (κ2) is 10.8. The average molecular weight is 326 g/mol. The molecular formula is C17H35N5O. The van der Waals surface area contributed by atoms with Gasteiger partial charge in [-0.05, 0) is 45.3 Å². The number of guanidine groups is 1. The summed E-state index contributed by atoms with van der Waals surface area (Å²) in [6.45, 7) is 8.60. The quantitative estimate of drug-likeness (QED) is 0.509. The number of ether oxygens (including phenoxy) is 1. The lowest BCUT2D eigenvalue weighted by atomic mass is 10.1. The summed E-state index contributed by atoms with van der Waals surface area (Å²) in [4.78, 5) is 9.43. The Labute approximate surface area is 141 Å². The van der Waals surface area contributed by atoms with Crippen molar-refractivity contribution < 1.29 is 4.74 Å². The fourth-order valence-corrected chi connectivity index (χ4v) is 3.58. The molecule has 1 atom stereocenters. The van der Waals surface area contributed by atoms with E-state index in [1.165, 1.54) is 51.7 Å². The molecule has 2 saturated heterocycles. The largest absolute Gasteiger partial charge is 0.383 e. The number of aliphatic imine (C=N–C) groups is 1. The first kappa shape index (κ1) is 18.5. The predicted octanol–water partition coefficient (Wildman–Crippen LogP) is 0.748. The van der Waals surface area contributed by atoms with Gasteiger partial charge >= 0.3 is 0 Å². The van der Waals surface area contributed by atoms with E-state index in [1.807, 2.05) is 7.05 Å². The van der Waals surface area contributed by atoms with Crippen LogP contribution in [0.4, 0.5) is 0 Å². The van der Waals surface area contributed by atoms with Gasteiger partial charge in [0.15, 0.2) is 5.96 Å². The molecule has 6 nitrogen and oxygen atoms in total. The third-order valence-electron chi connectivity index (χ3n) is 4.98. The normalized spacial score (nSPS) is 24.1. The summed E-state index contributed by atoms with van der Waals surface area (Å²) in [5, 5.41) is 6.95. The van der Waals surface area contributed by atoms with Crippen molar-refractivity contribution in [2.24, 2.45) is 4.99 Å². The second-order valence-electron chi connectivity index (χ2n) is 6.61. The van der Waals surface area contributed by atoms with Crippen molar-refractivity contribution >= 4 is 5.96 Å². The van der Waals surface area contributed by atoms with Crippen LogP contribution in [0.15, 0.2) is 4.99 Å². The summed E-state index contributed by atoms with van der Waals surface area (Å²) in [6.07, 6.45) is 6.66. The first-order valence-electron chi connectivity index (χ1n) is 9.23. The highest BCUT2D eigenvalue weighted by Crippen LogP contribution is 2.15. The van der Waals surface area contributed by atoms with Crippen molar-refractivity contribution in [3.8, 4) is 0 Å². The number of piperidine rings is 1. The van der Waals surface area contributed by atoms with Crippen LogP contribution in [0.5, 0.6) is 0 Å². The third-order valence-corrected chi connectivity index (χ3v) is 4.98. The Bertz CT molecular complexity index is 344. The van der Waals surface area contributed by atoms with Gasteiger partial charge in [0.05, 0.1) is 6.61 Å². The monoisotopic (exact) mass is 325 g/mol. The van der Waals surface area contributed by atoms with Gasteiger partial charge < -0.3 is 20.3 Å². The lowest BCUT2D eigenvalue weighted by molar-refractivity contribution is 0.141. The molecule has 2 fully saturated rings. The minimum absolute atomic E-state index is 0.603. The van der Waals surface area contributed by atoms with Gasteiger partial charge in [-0.1, -0.05) is 6.42 Å². The van der Waals surface area contributed by atoms with Gasteiger partial charge in [-0.25, -0.2) is 0 Å². The zero-order valence-electron chi connectivity index (χ0n) is 15.0. The summed E-state index contributed by atoms with van der Waals surface area (Å²) >= 11 is 0. The third kappa shape index (κ3) is 6.65. The lowest BCUT2D eigenvalue weighted by Crippen LogP contribution is -2.47. The van der Waals surface area contributed by atoms with Gasteiger partial charge in [0.25, 0.3) is 0 Å². The number of methoxy groups -OCH3 is 1. The molecule has 0 radical (unpaired) electrons. The van der Waals surface area contributed by atoms with Crippen molar-refractivity contribution in [3.63, 3.8) is 0 Å². The SMILES string of the molecule is CN=C(NCCN1CCCCC1)NCC1CCCN1CCOC. The molecule has 23 heavy (non-hydrogen) atoms. The molecule has 134 valence electrons. The molecule has 2 aliphatic rings. The fourth-order valence-electron chi connectivity index (χ4n) is 3.58. The van der Waals surface area contributed by atoms with Crippen LogP contribution in [0.2, 0.25) is 0 Å². The molecule has 2 aliphatic heterocycles. The molecule has 6 heteroatoms. The molecule has 0 aromatic carbocycles. The Hall–Kier alpha value is -0.850. The Balaban J connectivity index is 1.62. The van der Waals surface area contributed by atoms with Gasteiger partial charge in [-0.3, -0.25) is 9.89 Å².